The normalized spacial score (nSPS) is 10.8. The maximum Gasteiger partial charge on any atom is 0.323 e. The fraction of sp³-hybridized carbons (Fsp3) is 0.484. The van der Waals surface area contributed by atoms with Crippen molar-refractivity contribution >= 4 is 28.7 Å². The highest BCUT2D eigenvalue weighted by molar-refractivity contribution is 7.07. The number of urea groups is 1. The Kier molecular flexibility index (Phi) is 13.6. The number of amides is 2. The molecule has 0 fully saturated rings. The van der Waals surface area contributed by atoms with Crippen molar-refractivity contribution in [2.75, 3.05) is 17.2 Å². The molecule has 0 radical (unpaired) electrons. The minimum Gasteiger partial charge on any atom is -0.494 e. The van der Waals surface area contributed by atoms with Gasteiger partial charge < -0.3 is 15.4 Å². The van der Waals surface area contributed by atoms with Gasteiger partial charge >= 0.3 is 6.03 Å². The van der Waals surface area contributed by atoms with Crippen LogP contribution in [0.1, 0.15) is 89.5 Å². The predicted molar refractivity (Wildman–Crippen MR) is 156 cm³/mol. The number of carbonyl (C=O) groups is 1. The Labute approximate surface area is 227 Å². The van der Waals surface area contributed by atoms with Crippen molar-refractivity contribution in [3.05, 3.63) is 71.2 Å². The van der Waals surface area contributed by atoms with Crippen molar-refractivity contribution < 1.29 is 14.1 Å². The molecule has 0 bridgehead atoms. The first-order valence-electron chi connectivity index (χ1n) is 14.0. The van der Waals surface area contributed by atoms with E-state index in [2.05, 4.69) is 33.7 Å². The highest BCUT2D eigenvalue weighted by atomic mass is 32.1. The van der Waals surface area contributed by atoms with Gasteiger partial charge in [0.2, 0.25) is 5.51 Å². The van der Waals surface area contributed by atoms with Gasteiger partial charge in [-0.15, -0.1) is 0 Å². The van der Waals surface area contributed by atoms with Gasteiger partial charge in [-0.2, -0.15) is 4.57 Å². The van der Waals surface area contributed by atoms with Crippen molar-refractivity contribution in [3.8, 4) is 5.75 Å². The zero-order chi connectivity index (χ0) is 26.0. The van der Waals surface area contributed by atoms with Gasteiger partial charge in [-0.3, -0.25) is 0 Å². The van der Waals surface area contributed by atoms with Crippen LogP contribution < -0.4 is 19.9 Å². The molecule has 0 aliphatic rings. The molecule has 1 aromatic heterocycles. The summed E-state index contributed by atoms with van der Waals surface area (Å²) in [5.41, 5.74) is 4.71. The monoisotopic (exact) mass is 522 g/mol. The van der Waals surface area contributed by atoms with Crippen LogP contribution in [0.15, 0.2) is 65.6 Å². The second-order valence-electron chi connectivity index (χ2n) is 9.74. The molecule has 200 valence electrons. The molecule has 0 aliphatic heterocycles. The third kappa shape index (κ3) is 12.3. The van der Waals surface area contributed by atoms with Crippen LogP contribution in [0.3, 0.4) is 0 Å². The first-order chi connectivity index (χ1) is 18.2. The van der Waals surface area contributed by atoms with Crippen molar-refractivity contribution in [3.63, 3.8) is 0 Å². The van der Waals surface area contributed by atoms with E-state index in [-0.39, 0.29) is 6.03 Å². The number of nitrogens with zero attached hydrogens (tertiary/aromatic N) is 1. The van der Waals surface area contributed by atoms with Gasteiger partial charge in [0.15, 0.2) is 12.7 Å². The Morgan fingerprint density at radius 2 is 1.46 bits per heavy atom. The first kappa shape index (κ1) is 28.7. The Morgan fingerprint density at radius 1 is 0.811 bits per heavy atom. The molecule has 2 aromatic carbocycles. The van der Waals surface area contributed by atoms with E-state index in [0.717, 1.165) is 42.3 Å². The maximum absolute atomic E-state index is 12.4. The summed E-state index contributed by atoms with van der Waals surface area (Å²) in [6, 6.07) is 15.2. The van der Waals surface area contributed by atoms with E-state index in [4.69, 9.17) is 4.74 Å². The Hall–Kier alpha value is -2.86. The lowest BCUT2D eigenvalue weighted by molar-refractivity contribution is -0.683. The molecule has 3 rings (SSSR count). The minimum absolute atomic E-state index is 0.259. The molecule has 3 aromatic rings. The topological polar surface area (TPSA) is 54.2 Å². The van der Waals surface area contributed by atoms with Crippen LogP contribution in [-0.4, -0.2) is 12.6 Å². The molecule has 0 unspecified atom stereocenters. The highest BCUT2D eigenvalue weighted by Crippen LogP contribution is 2.18. The number of unbranched alkanes of at least 4 members (excludes halogenated alkanes) is 11. The van der Waals surface area contributed by atoms with E-state index < -0.39 is 0 Å². The summed E-state index contributed by atoms with van der Waals surface area (Å²) in [6.07, 6.45) is 18.1. The Bertz CT molecular complexity index is 1010. The molecule has 2 amide bonds. The number of hydrogen-bond acceptors (Lipinski definition) is 3. The lowest BCUT2D eigenvalue weighted by Gasteiger charge is -2.10. The standard InChI is InChI=1S/C31H43N3O2S/c1-2-3-4-5-6-7-8-9-10-11-12-13-22-36-30-19-17-28(18-20-30)32-31(35)33-29-16-14-15-27(24-29)25-34-21-23-37-26-34/h14-21,23-24,26H,2-13,22,25H2,1H3,(H-,32,33,35)/p+1. The zero-order valence-electron chi connectivity index (χ0n) is 22.4. The molecular formula is C31H44N3O2S+. The van der Waals surface area contributed by atoms with Gasteiger partial charge in [-0.05, 0) is 42.8 Å². The molecule has 6 heteroatoms. The van der Waals surface area contributed by atoms with Crippen LogP contribution in [0.25, 0.3) is 0 Å². The number of anilines is 2. The van der Waals surface area contributed by atoms with Crippen LogP contribution in [0.5, 0.6) is 5.75 Å². The van der Waals surface area contributed by atoms with Gasteiger partial charge in [0, 0.05) is 16.9 Å². The number of carbonyl (C=O) groups excluding carboxylic acids is 1. The largest absolute Gasteiger partial charge is 0.494 e. The summed E-state index contributed by atoms with van der Waals surface area (Å²) >= 11 is 1.66. The van der Waals surface area contributed by atoms with Gasteiger partial charge in [0.05, 0.1) is 12.0 Å². The number of benzene rings is 2. The fourth-order valence-corrected chi connectivity index (χ4v) is 4.97. The molecule has 2 N–H and O–H groups in total. The quantitative estimate of drug-likeness (QED) is 0.129. The van der Waals surface area contributed by atoms with E-state index in [1.165, 1.54) is 70.6 Å². The number of hydrogen-bond donors (Lipinski definition) is 2. The van der Waals surface area contributed by atoms with Gasteiger partial charge in [0.25, 0.3) is 0 Å². The smallest absolute Gasteiger partial charge is 0.323 e. The lowest BCUT2D eigenvalue weighted by atomic mass is 10.1. The molecule has 1 heterocycles. The van der Waals surface area contributed by atoms with E-state index in [1.807, 2.05) is 54.0 Å². The summed E-state index contributed by atoms with van der Waals surface area (Å²) in [5, 5.41) is 7.85. The second kappa shape index (κ2) is 17.6. The van der Waals surface area contributed by atoms with Crippen LogP contribution >= 0.6 is 11.3 Å². The van der Waals surface area contributed by atoms with Gasteiger partial charge in [-0.25, -0.2) is 4.79 Å². The molecule has 0 saturated heterocycles. The number of ether oxygens (including phenoxy) is 1. The molecule has 0 atom stereocenters. The minimum atomic E-state index is -0.259. The fourth-order valence-electron chi connectivity index (χ4n) is 4.37. The summed E-state index contributed by atoms with van der Waals surface area (Å²) in [7, 11) is 0. The van der Waals surface area contributed by atoms with Crippen LogP contribution in [-0.2, 0) is 6.54 Å². The van der Waals surface area contributed by atoms with Crippen molar-refractivity contribution in [1.29, 1.82) is 0 Å². The molecule has 0 saturated carbocycles. The average molecular weight is 523 g/mol. The van der Waals surface area contributed by atoms with Gasteiger partial charge in [-0.1, -0.05) is 101 Å². The average Bonchev–Trinajstić information content (AvgIpc) is 3.41. The van der Waals surface area contributed by atoms with Crippen LogP contribution in [0.2, 0.25) is 0 Å². The van der Waals surface area contributed by atoms with Crippen LogP contribution in [0.4, 0.5) is 16.2 Å². The summed E-state index contributed by atoms with van der Waals surface area (Å²) in [4.78, 5) is 12.4. The van der Waals surface area contributed by atoms with Crippen molar-refractivity contribution in [1.82, 2.24) is 0 Å². The number of rotatable bonds is 18. The van der Waals surface area contributed by atoms with Crippen molar-refractivity contribution in [2.45, 2.75) is 90.5 Å². The second-order valence-corrected chi connectivity index (χ2v) is 10.5. The van der Waals surface area contributed by atoms with E-state index >= 15 is 0 Å². The highest BCUT2D eigenvalue weighted by Gasteiger charge is 2.07. The third-order valence-electron chi connectivity index (χ3n) is 6.46. The van der Waals surface area contributed by atoms with Crippen LogP contribution in [0, 0.1) is 0 Å². The van der Waals surface area contributed by atoms with E-state index in [0.29, 0.717) is 0 Å². The van der Waals surface area contributed by atoms with Crippen molar-refractivity contribution in [2.24, 2.45) is 0 Å². The maximum atomic E-state index is 12.4. The molecule has 5 nitrogen and oxygen atoms in total. The first-order valence-corrected chi connectivity index (χ1v) is 15.0. The lowest BCUT2D eigenvalue weighted by Crippen LogP contribution is -2.30. The molecule has 0 aliphatic carbocycles. The summed E-state index contributed by atoms with van der Waals surface area (Å²) in [5.74, 6) is 0.840. The third-order valence-corrected chi connectivity index (χ3v) is 7.13. The SMILES string of the molecule is CCCCCCCCCCCCCCOc1ccc(NC(=O)Nc2cccc(C[n+]3ccsc3)c2)cc1. The molecule has 37 heavy (non-hydrogen) atoms. The summed E-state index contributed by atoms with van der Waals surface area (Å²) in [6.45, 7) is 3.79. The number of nitrogens with one attached hydrogen (secondary N) is 2. The summed E-state index contributed by atoms with van der Waals surface area (Å²) < 4.78 is 8.00. The van der Waals surface area contributed by atoms with E-state index in [9.17, 15) is 4.79 Å². The predicted octanol–water partition coefficient (Wildman–Crippen LogP) is 8.81. The zero-order valence-corrected chi connectivity index (χ0v) is 23.2. The molecular weight excluding hydrogens is 478 g/mol. The Morgan fingerprint density at radius 3 is 2.11 bits per heavy atom. The number of thiazole rings is 1. The van der Waals surface area contributed by atoms with Gasteiger partial charge in [0.1, 0.15) is 5.75 Å². The molecule has 0 spiro atoms. The van der Waals surface area contributed by atoms with E-state index in [1.54, 1.807) is 11.3 Å². The number of aromatic nitrogens is 1. The Balaban J connectivity index is 1.24.